The summed E-state index contributed by atoms with van der Waals surface area (Å²) in [6.07, 6.45) is 0. The van der Waals surface area contributed by atoms with Gasteiger partial charge in [-0.2, -0.15) is 13.2 Å². The lowest BCUT2D eigenvalue weighted by Gasteiger charge is -2.13. The fourth-order valence-electron chi connectivity index (χ4n) is 1.96. The summed E-state index contributed by atoms with van der Waals surface area (Å²) in [5.74, 6) is 0.363. The predicted molar refractivity (Wildman–Crippen MR) is 89.5 cm³/mol. The monoisotopic (exact) mass is 380 g/mol. The molecule has 2 aromatic rings. The predicted octanol–water partition coefficient (Wildman–Crippen LogP) is 5.38. The molecule has 126 valence electrons. The van der Waals surface area contributed by atoms with Gasteiger partial charge in [-0.1, -0.05) is 12.1 Å². The van der Waals surface area contributed by atoms with E-state index < -0.39 is 16.3 Å². The van der Waals surface area contributed by atoms with Crippen LogP contribution in [0.3, 0.4) is 0 Å². The maximum absolute atomic E-state index is 12.6. The Bertz CT molecular complexity index is 669. The van der Waals surface area contributed by atoms with Crippen LogP contribution in [0.2, 0.25) is 0 Å². The number of hydrogen-bond acceptors (Lipinski definition) is 4. The topological polar surface area (TPSA) is 26.3 Å². The van der Waals surface area contributed by atoms with E-state index >= 15 is 0 Å². The molecule has 2 atom stereocenters. The summed E-state index contributed by atoms with van der Waals surface area (Å²) >= 11 is 1.30. The van der Waals surface area contributed by atoms with Crippen molar-refractivity contribution in [2.45, 2.75) is 28.3 Å². The number of thioether (sulfide) groups is 1. The van der Waals surface area contributed by atoms with Gasteiger partial charge in [-0.15, -0.1) is 11.3 Å². The molecular formula is C15H15F3O2S3. The van der Waals surface area contributed by atoms with Crippen molar-refractivity contribution in [3.63, 3.8) is 0 Å². The van der Waals surface area contributed by atoms with Gasteiger partial charge in [0, 0.05) is 21.4 Å². The summed E-state index contributed by atoms with van der Waals surface area (Å²) in [7, 11) is 0.120. The van der Waals surface area contributed by atoms with Crippen LogP contribution in [0.5, 0.6) is 5.75 Å². The molecule has 1 aromatic heterocycles. The zero-order valence-electron chi connectivity index (χ0n) is 12.4. The number of thiophene rings is 1. The quantitative estimate of drug-likeness (QED) is 0.630. The van der Waals surface area contributed by atoms with E-state index in [0.29, 0.717) is 5.56 Å². The minimum Gasteiger partial charge on any atom is -0.496 e. The van der Waals surface area contributed by atoms with Crippen LogP contribution in [-0.4, -0.2) is 16.8 Å². The molecule has 0 bridgehead atoms. The van der Waals surface area contributed by atoms with Crippen molar-refractivity contribution in [2.24, 2.45) is 0 Å². The van der Waals surface area contributed by atoms with Crippen molar-refractivity contribution in [3.05, 3.63) is 46.2 Å². The highest BCUT2D eigenvalue weighted by Crippen LogP contribution is 2.42. The molecule has 0 unspecified atom stereocenters. The third-order valence-corrected chi connectivity index (χ3v) is 6.74. The van der Waals surface area contributed by atoms with Gasteiger partial charge in [0.05, 0.1) is 17.3 Å². The molecule has 0 aliphatic rings. The third kappa shape index (κ3) is 5.26. The molecule has 0 saturated heterocycles. The van der Waals surface area contributed by atoms with Crippen LogP contribution < -0.4 is 4.74 Å². The minimum absolute atomic E-state index is 0.0155. The lowest BCUT2D eigenvalue weighted by Crippen LogP contribution is -2.05. The van der Waals surface area contributed by atoms with E-state index in [1.54, 1.807) is 6.07 Å². The van der Waals surface area contributed by atoms with Crippen molar-refractivity contribution in [3.8, 4) is 5.75 Å². The lowest BCUT2D eigenvalue weighted by molar-refractivity contribution is -0.0328. The summed E-state index contributed by atoms with van der Waals surface area (Å²) in [5.41, 5.74) is -3.80. The zero-order chi connectivity index (χ0) is 17.0. The van der Waals surface area contributed by atoms with Crippen molar-refractivity contribution in [2.75, 3.05) is 7.11 Å². The summed E-state index contributed by atoms with van der Waals surface area (Å²) in [6.45, 7) is 1.86. The van der Waals surface area contributed by atoms with E-state index in [1.165, 1.54) is 30.6 Å². The van der Waals surface area contributed by atoms with Crippen LogP contribution in [0.4, 0.5) is 13.2 Å². The number of rotatable bonds is 6. The average molecular weight is 380 g/mol. The Hall–Kier alpha value is -0.990. The van der Waals surface area contributed by atoms with Crippen LogP contribution in [-0.2, 0) is 16.6 Å². The smallest absolute Gasteiger partial charge is 0.446 e. The van der Waals surface area contributed by atoms with Gasteiger partial charge in [0.1, 0.15) is 5.75 Å². The molecular weight excluding hydrogens is 365 g/mol. The first kappa shape index (κ1) is 18.4. The van der Waals surface area contributed by atoms with E-state index in [1.807, 2.05) is 24.4 Å². The first-order valence-corrected chi connectivity index (χ1v) is 9.71. The molecule has 0 aliphatic carbocycles. The van der Waals surface area contributed by atoms with Gasteiger partial charge in [0.15, 0.2) is 0 Å². The highest BCUT2D eigenvalue weighted by molar-refractivity contribution is 8.00. The van der Waals surface area contributed by atoms with E-state index in [4.69, 9.17) is 4.74 Å². The van der Waals surface area contributed by atoms with Crippen LogP contribution >= 0.6 is 23.1 Å². The first-order valence-electron chi connectivity index (χ1n) is 6.63. The number of methoxy groups -OCH3 is 1. The lowest BCUT2D eigenvalue weighted by atomic mass is 10.2. The molecule has 2 nitrogen and oxygen atoms in total. The Morgan fingerprint density at radius 1 is 1.35 bits per heavy atom. The van der Waals surface area contributed by atoms with Gasteiger partial charge < -0.3 is 4.74 Å². The molecule has 0 saturated carbocycles. The van der Waals surface area contributed by atoms with Crippen LogP contribution in [0, 0.1) is 0 Å². The Morgan fingerprint density at radius 3 is 2.65 bits per heavy atom. The van der Waals surface area contributed by atoms with Crippen LogP contribution in [0.15, 0.2) is 40.6 Å². The number of benzene rings is 1. The van der Waals surface area contributed by atoms with Gasteiger partial charge >= 0.3 is 5.51 Å². The molecule has 0 N–H and O–H groups in total. The Kier molecular flexibility index (Phi) is 6.16. The summed E-state index contributed by atoms with van der Waals surface area (Å²) in [5, 5.41) is 1.75. The van der Waals surface area contributed by atoms with Gasteiger partial charge in [-0.05, 0) is 47.8 Å². The average Bonchev–Trinajstić information content (AvgIpc) is 2.99. The largest absolute Gasteiger partial charge is 0.496 e. The highest BCUT2D eigenvalue weighted by Gasteiger charge is 2.31. The summed E-state index contributed by atoms with van der Waals surface area (Å²) in [4.78, 5) is 0.986. The molecule has 0 aliphatic heterocycles. The standard InChI is InChI=1S/C15H15F3O2S3/c1-10(13-4-3-7-21-13)23(19)9-11-5-6-12(20-2)14(8-11)22-15(16,17)18/h3-8,10H,9H2,1-2H3/t10-,23+/m1/s1. The number of ether oxygens (including phenoxy) is 1. The Morgan fingerprint density at radius 2 is 2.09 bits per heavy atom. The molecule has 23 heavy (non-hydrogen) atoms. The first-order chi connectivity index (χ1) is 10.8. The van der Waals surface area contributed by atoms with Crippen molar-refractivity contribution < 1.29 is 22.1 Å². The second-order valence-corrected chi connectivity index (χ2v) is 8.56. The number of halogens is 3. The fraction of sp³-hybridized carbons (Fsp3) is 0.333. The maximum atomic E-state index is 12.6. The van der Waals surface area contributed by atoms with E-state index in [0.717, 1.165) is 4.88 Å². The van der Waals surface area contributed by atoms with Crippen LogP contribution in [0.25, 0.3) is 0 Å². The molecule has 0 fully saturated rings. The summed E-state index contributed by atoms with van der Waals surface area (Å²) < 4.78 is 55.2. The van der Waals surface area contributed by atoms with Crippen molar-refractivity contribution >= 4 is 33.9 Å². The normalized spacial score (nSPS) is 14.5. The Labute approximate surface area is 143 Å². The molecule has 0 spiro atoms. The van der Waals surface area contributed by atoms with Gasteiger partial charge in [0.25, 0.3) is 0 Å². The third-order valence-electron chi connectivity index (χ3n) is 3.10. The second-order valence-electron chi connectivity index (χ2n) is 4.72. The summed E-state index contributed by atoms with van der Waals surface area (Å²) in [6, 6.07) is 8.33. The Balaban J connectivity index is 2.16. The minimum atomic E-state index is -4.39. The fourth-order valence-corrected chi connectivity index (χ4v) is 4.92. The molecule has 0 amide bonds. The molecule has 0 radical (unpaired) electrons. The number of alkyl halides is 3. The van der Waals surface area contributed by atoms with E-state index in [2.05, 4.69) is 0 Å². The van der Waals surface area contributed by atoms with Crippen LogP contribution in [0.1, 0.15) is 22.6 Å². The van der Waals surface area contributed by atoms with Gasteiger partial charge in [0.2, 0.25) is 0 Å². The SMILES string of the molecule is COc1ccc(C[S@](=O)[C@H](C)c2cccs2)cc1SC(F)(F)F. The molecule has 1 heterocycles. The second kappa shape index (κ2) is 7.72. The molecule has 1 aromatic carbocycles. The molecule has 2 rings (SSSR count). The van der Waals surface area contributed by atoms with E-state index in [-0.39, 0.29) is 33.4 Å². The van der Waals surface area contributed by atoms with Crippen molar-refractivity contribution in [1.82, 2.24) is 0 Å². The van der Waals surface area contributed by atoms with Gasteiger partial charge in [-0.3, -0.25) is 4.21 Å². The van der Waals surface area contributed by atoms with E-state index in [9.17, 15) is 17.4 Å². The molecule has 8 heteroatoms. The van der Waals surface area contributed by atoms with Crippen molar-refractivity contribution in [1.29, 1.82) is 0 Å². The number of hydrogen-bond donors (Lipinski definition) is 0. The van der Waals surface area contributed by atoms with Gasteiger partial charge in [-0.25, -0.2) is 0 Å². The highest BCUT2D eigenvalue weighted by atomic mass is 32.2. The maximum Gasteiger partial charge on any atom is 0.446 e. The zero-order valence-corrected chi connectivity index (χ0v) is 14.9.